The summed E-state index contributed by atoms with van der Waals surface area (Å²) in [6.45, 7) is 6.92. The summed E-state index contributed by atoms with van der Waals surface area (Å²) in [6.07, 6.45) is 1.59. The van der Waals surface area contributed by atoms with Crippen LogP contribution in [0.3, 0.4) is 0 Å². The molecule has 2 heterocycles. The van der Waals surface area contributed by atoms with Crippen molar-refractivity contribution in [1.29, 1.82) is 5.26 Å². The molecule has 1 amide bonds. The van der Waals surface area contributed by atoms with Gasteiger partial charge in [-0.05, 0) is 23.3 Å². The maximum Gasteiger partial charge on any atom is 0.243 e. The zero-order valence-corrected chi connectivity index (χ0v) is 21.2. The Balaban J connectivity index is 1.45. The van der Waals surface area contributed by atoms with Crippen molar-refractivity contribution >= 4 is 22.8 Å². The van der Waals surface area contributed by atoms with Gasteiger partial charge in [-0.3, -0.25) is 9.69 Å². The molecule has 1 aliphatic rings. The zero-order chi connectivity index (χ0) is 26.3. The smallest absolute Gasteiger partial charge is 0.243 e. The third-order valence-corrected chi connectivity index (χ3v) is 6.87. The van der Waals surface area contributed by atoms with Crippen LogP contribution in [0, 0.1) is 11.3 Å². The Bertz CT molecular complexity index is 1400. The number of fused-ring (bicyclic) bond motifs is 1. The lowest BCUT2D eigenvalue weighted by molar-refractivity contribution is -0.121. The lowest BCUT2D eigenvalue weighted by atomic mass is 9.96. The van der Waals surface area contributed by atoms with Crippen LogP contribution in [0.5, 0.6) is 0 Å². The highest BCUT2D eigenvalue weighted by Crippen LogP contribution is 2.32. The Morgan fingerprint density at radius 1 is 0.895 bits per heavy atom. The average molecular weight is 503 g/mol. The van der Waals surface area contributed by atoms with E-state index in [-0.39, 0.29) is 12.6 Å². The van der Waals surface area contributed by atoms with Gasteiger partial charge < -0.3 is 10.2 Å². The molecule has 0 saturated carbocycles. The number of piperazine rings is 1. The van der Waals surface area contributed by atoms with Crippen LogP contribution in [0.25, 0.3) is 11.0 Å². The lowest BCUT2D eigenvalue weighted by Crippen LogP contribution is -2.48. The number of benzene rings is 3. The first-order valence-corrected chi connectivity index (χ1v) is 12.8. The average Bonchev–Trinajstić information content (AvgIpc) is 2.98. The Morgan fingerprint density at radius 2 is 1.45 bits per heavy atom. The second-order valence-electron chi connectivity index (χ2n) is 9.26. The molecule has 7 heteroatoms. The number of amides is 1. The molecule has 0 spiro atoms. The molecule has 3 aromatic carbocycles. The van der Waals surface area contributed by atoms with Gasteiger partial charge in [0.05, 0.1) is 23.1 Å². The van der Waals surface area contributed by atoms with E-state index in [1.165, 1.54) is 11.1 Å². The van der Waals surface area contributed by atoms with Gasteiger partial charge in [0.25, 0.3) is 0 Å². The molecule has 0 bridgehead atoms. The maximum absolute atomic E-state index is 12.9. The van der Waals surface area contributed by atoms with Gasteiger partial charge in [0.2, 0.25) is 5.91 Å². The molecule has 1 N–H and O–H groups in total. The fourth-order valence-corrected chi connectivity index (χ4v) is 5.03. The predicted molar refractivity (Wildman–Crippen MR) is 150 cm³/mol. The number of para-hydroxylation sites is 2. The zero-order valence-electron chi connectivity index (χ0n) is 21.2. The normalized spacial score (nSPS) is 14.7. The first kappa shape index (κ1) is 25.1. The summed E-state index contributed by atoms with van der Waals surface area (Å²) < 4.78 is 0. The summed E-state index contributed by atoms with van der Waals surface area (Å²) in [5, 5.41) is 12.7. The van der Waals surface area contributed by atoms with Crippen LogP contribution < -0.4 is 10.2 Å². The number of hydrogen-bond acceptors (Lipinski definition) is 6. The maximum atomic E-state index is 12.9. The number of anilines is 1. The molecule has 1 unspecified atom stereocenters. The van der Waals surface area contributed by atoms with E-state index in [1.54, 1.807) is 6.08 Å². The fourth-order valence-electron chi connectivity index (χ4n) is 5.03. The van der Waals surface area contributed by atoms with Gasteiger partial charge in [0, 0.05) is 32.7 Å². The summed E-state index contributed by atoms with van der Waals surface area (Å²) in [4.78, 5) is 27.2. The SMILES string of the molecule is C=CCNC(=O)C(C#N)c1nc2ccccc2nc1N1CCN(C(c2ccccc2)c2ccccc2)CC1. The van der Waals surface area contributed by atoms with Crippen molar-refractivity contribution in [2.24, 2.45) is 0 Å². The third kappa shape index (κ3) is 5.26. The Hall–Kier alpha value is -4.54. The van der Waals surface area contributed by atoms with E-state index in [0.29, 0.717) is 30.1 Å². The highest BCUT2D eigenvalue weighted by atomic mass is 16.1. The number of hydrogen-bond donors (Lipinski definition) is 1. The van der Waals surface area contributed by atoms with Gasteiger partial charge in [-0.15, -0.1) is 6.58 Å². The number of rotatable bonds is 8. The molecule has 1 atom stereocenters. The largest absolute Gasteiger partial charge is 0.352 e. The number of nitrogens with one attached hydrogen (secondary N) is 1. The molecule has 0 radical (unpaired) electrons. The monoisotopic (exact) mass is 502 g/mol. The van der Waals surface area contributed by atoms with E-state index in [9.17, 15) is 10.1 Å². The molecule has 1 saturated heterocycles. The second-order valence-corrected chi connectivity index (χ2v) is 9.26. The van der Waals surface area contributed by atoms with Crippen LogP contribution in [0.15, 0.2) is 97.6 Å². The van der Waals surface area contributed by atoms with Crippen LogP contribution in [-0.2, 0) is 4.79 Å². The van der Waals surface area contributed by atoms with Crippen molar-refractivity contribution in [3.63, 3.8) is 0 Å². The summed E-state index contributed by atoms with van der Waals surface area (Å²) in [6, 6.07) is 31.0. The van der Waals surface area contributed by atoms with Gasteiger partial charge in [-0.25, -0.2) is 9.97 Å². The van der Waals surface area contributed by atoms with Crippen LogP contribution in [0.1, 0.15) is 28.8 Å². The van der Waals surface area contributed by atoms with E-state index in [1.807, 2.05) is 36.4 Å². The van der Waals surface area contributed by atoms with Crippen molar-refractivity contribution in [3.05, 3.63) is 114 Å². The highest BCUT2D eigenvalue weighted by molar-refractivity contribution is 5.89. The van der Waals surface area contributed by atoms with Gasteiger partial charge in [0.15, 0.2) is 11.7 Å². The predicted octanol–water partition coefficient (Wildman–Crippen LogP) is 4.45. The fraction of sp³-hybridized carbons (Fsp3) is 0.226. The summed E-state index contributed by atoms with van der Waals surface area (Å²) in [7, 11) is 0. The summed E-state index contributed by atoms with van der Waals surface area (Å²) in [5.41, 5.74) is 4.30. The van der Waals surface area contributed by atoms with Crippen LogP contribution in [0.2, 0.25) is 0 Å². The summed E-state index contributed by atoms with van der Waals surface area (Å²) in [5.74, 6) is -0.869. The Labute approximate surface area is 223 Å². The first-order valence-electron chi connectivity index (χ1n) is 12.8. The highest BCUT2D eigenvalue weighted by Gasteiger charge is 2.32. The van der Waals surface area contributed by atoms with Gasteiger partial charge in [-0.2, -0.15) is 5.26 Å². The van der Waals surface area contributed by atoms with Gasteiger partial charge >= 0.3 is 0 Å². The summed E-state index contributed by atoms with van der Waals surface area (Å²) >= 11 is 0. The molecule has 5 rings (SSSR count). The van der Waals surface area contributed by atoms with Crippen molar-refractivity contribution in [1.82, 2.24) is 20.2 Å². The second kappa shape index (κ2) is 11.7. The van der Waals surface area contributed by atoms with E-state index in [4.69, 9.17) is 9.97 Å². The lowest BCUT2D eigenvalue weighted by Gasteiger charge is -2.40. The van der Waals surface area contributed by atoms with E-state index < -0.39 is 11.8 Å². The van der Waals surface area contributed by atoms with Crippen molar-refractivity contribution in [2.75, 3.05) is 37.6 Å². The topological polar surface area (TPSA) is 85.1 Å². The minimum atomic E-state index is -1.07. The number of carbonyl (C=O) groups excluding carboxylic acids is 1. The van der Waals surface area contributed by atoms with Gasteiger partial charge in [0.1, 0.15) is 5.69 Å². The first-order chi connectivity index (χ1) is 18.7. The van der Waals surface area contributed by atoms with Crippen molar-refractivity contribution in [2.45, 2.75) is 12.0 Å². The molecule has 1 aliphatic heterocycles. The molecule has 0 aliphatic carbocycles. The standard InChI is InChI=1S/C31H30N6O/c1-2-17-33-31(38)25(22-32)28-30(35-27-16-10-9-15-26(27)34-28)37-20-18-36(19-21-37)29(23-11-5-3-6-12-23)24-13-7-4-8-14-24/h2-16,25,29H,1,17-21H2,(H,33,38). The number of nitrogens with zero attached hydrogens (tertiary/aromatic N) is 5. The van der Waals surface area contributed by atoms with E-state index in [0.717, 1.165) is 18.6 Å². The molecule has 4 aromatic rings. The number of aromatic nitrogens is 2. The Morgan fingerprint density at radius 3 is 2.00 bits per heavy atom. The van der Waals surface area contributed by atoms with Crippen LogP contribution in [-0.4, -0.2) is 53.5 Å². The van der Waals surface area contributed by atoms with Gasteiger partial charge in [-0.1, -0.05) is 78.9 Å². The molecular weight excluding hydrogens is 472 g/mol. The van der Waals surface area contributed by atoms with Crippen molar-refractivity contribution in [3.8, 4) is 6.07 Å². The van der Waals surface area contributed by atoms with Crippen molar-refractivity contribution < 1.29 is 4.79 Å². The molecule has 1 aromatic heterocycles. The van der Waals surface area contributed by atoms with Crippen LogP contribution in [0.4, 0.5) is 5.82 Å². The number of nitriles is 1. The molecule has 38 heavy (non-hydrogen) atoms. The van der Waals surface area contributed by atoms with E-state index in [2.05, 4.69) is 76.3 Å². The minimum absolute atomic E-state index is 0.137. The minimum Gasteiger partial charge on any atom is -0.352 e. The molecule has 190 valence electrons. The number of carbonyl (C=O) groups is 1. The Kier molecular flexibility index (Phi) is 7.72. The van der Waals surface area contributed by atoms with Crippen LogP contribution >= 0.6 is 0 Å². The quantitative estimate of drug-likeness (QED) is 0.358. The third-order valence-electron chi connectivity index (χ3n) is 6.87. The molecule has 7 nitrogen and oxygen atoms in total. The molecule has 1 fully saturated rings. The van der Waals surface area contributed by atoms with E-state index >= 15 is 0 Å². The molecular formula is C31H30N6O.